The van der Waals surface area contributed by atoms with Crippen molar-refractivity contribution in [2.75, 3.05) is 0 Å². The van der Waals surface area contributed by atoms with Crippen LogP contribution in [0.25, 0.3) is 0 Å². The number of Topliss-reactive ketones (excluding diaryl/α,β-unsaturated/α-hetero) is 1. The van der Waals surface area contributed by atoms with Gasteiger partial charge in [0.1, 0.15) is 5.78 Å². The molecule has 3 aliphatic rings. The van der Waals surface area contributed by atoms with E-state index in [1.54, 1.807) is 0 Å². The van der Waals surface area contributed by atoms with E-state index in [4.69, 9.17) is 0 Å². The SMILES string of the molecule is Brc1ccccc1.CC1CCCCC1(C)c1ccccc1.CC1CCCCC1(O)c1ccccc1.CC1CCCCC1=O.[Br-].[H-].[H-].[Mg+2].[Mg+2].[c-]1ccccc1. The fourth-order valence-electron chi connectivity index (χ4n) is 7.16. The topological polar surface area (TPSA) is 37.3 Å². The Kier molecular flexibility index (Phi) is 27.9. The molecule has 4 aromatic rings. The molecule has 52 heavy (non-hydrogen) atoms. The first-order chi connectivity index (χ1) is 23.7. The van der Waals surface area contributed by atoms with Gasteiger partial charge in [0.15, 0.2) is 0 Å². The molecule has 1 N–H and O–H groups in total. The molecule has 0 spiro atoms. The molecular formula is C46H62Br2Mg2O2. The quantitative estimate of drug-likeness (QED) is 0.161. The Bertz CT molecular complexity index is 1350. The van der Waals surface area contributed by atoms with Crippen LogP contribution in [0.5, 0.6) is 0 Å². The van der Waals surface area contributed by atoms with Crippen molar-refractivity contribution in [3.8, 4) is 0 Å². The summed E-state index contributed by atoms with van der Waals surface area (Å²) in [6, 6.07) is 43.6. The molecule has 3 saturated carbocycles. The molecule has 7 rings (SSSR count). The van der Waals surface area contributed by atoms with Gasteiger partial charge in [0.2, 0.25) is 0 Å². The molecular weight excluding hydrogens is 793 g/mol. The number of carbonyl (C=O) groups excluding carboxylic acids is 1. The summed E-state index contributed by atoms with van der Waals surface area (Å²) >= 11 is 3.31. The van der Waals surface area contributed by atoms with Crippen LogP contribution >= 0.6 is 15.9 Å². The first-order valence-corrected chi connectivity index (χ1v) is 19.4. The van der Waals surface area contributed by atoms with Gasteiger partial charge < -0.3 is 24.9 Å². The summed E-state index contributed by atoms with van der Waals surface area (Å²) in [5, 5.41) is 10.6. The van der Waals surface area contributed by atoms with E-state index in [0.717, 1.165) is 54.5 Å². The van der Waals surface area contributed by atoms with Crippen molar-refractivity contribution in [3.05, 3.63) is 143 Å². The molecule has 0 amide bonds. The minimum Gasteiger partial charge on any atom is -1.00 e. The zero-order chi connectivity index (χ0) is 35.4. The van der Waals surface area contributed by atoms with Crippen molar-refractivity contribution < 1.29 is 29.7 Å². The first-order valence-electron chi connectivity index (χ1n) is 18.6. The molecule has 5 unspecified atom stereocenters. The van der Waals surface area contributed by atoms with Crippen molar-refractivity contribution in [2.24, 2.45) is 17.8 Å². The van der Waals surface area contributed by atoms with Crippen LogP contribution < -0.4 is 17.0 Å². The second-order valence-electron chi connectivity index (χ2n) is 14.4. The van der Waals surface area contributed by atoms with Crippen molar-refractivity contribution in [2.45, 2.75) is 116 Å². The molecule has 2 nitrogen and oxygen atoms in total. The molecule has 0 radical (unpaired) electrons. The molecule has 0 saturated heterocycles. The summed E-state index contributed by atoms with van der Waals surface area (Å²) in [6.45, 7) is 9.03. The van der Waals surface area contributed by atoms with E-state index >= 15 is 0 Å². The first kappa shape index (κ1) is 51.0. The van der Waals surface area contributed by atoms with Crippen LogP contribution in [0.4, 0.5) is 0 Å². The standard InChI is InChI=1S/C14H20.C13H18O.C7H12O.C6H5Br.C6H5.BrH.2Mg.2H/c1-12-8-6-7-11-14(12,2)13-9-4-3-5-10-13;1-11-7-5-6-10-13(11,14)12-8-3-2-4-9-12;1-6-4-2-3-5-7(6)8;7-6-4-2-1-3-5-6;1-2-4-6-5-3-1;;;;;/h3-5,9-10,12H,6-8,11H2,1-2H3;2-4,8-9,11,14H,5-7,10H2,1H3;6H,2-5H2,1H3;1-5H;1-5H;1H;;;;/q;;;;-1;;2*+2;2*-1/p-1. The van der Waals surface area contributed by atoms with Crippen molar-refractivity contribution in [1.29, 1.82) is 0 Å². The van der Waals surface area contributed by atoms with Gasteiger partial charge in [-0.05, 0) is 79.0 Å². The second-order valence-corrected chi connectivity index (χ2v) is 15.3. The van der Waals surface area contributed by atoms with Gasteiger partial charge in [0, 0.05) is 16.8 Å². The molecule has 4 aromatic carbocycles. The number of ketones is 1. The number of benzene rings is 4. The van der Waals surface area contributed by atoms with Crippen LogP contribution in [0.1, 0.15) is 119 Å². The molecule has 0 bridgehead atoms. The van der Waals surface area contributed by atoms with Crippen LogP contribution in [0.3, 0.4) is 0 Å². The average molecular weight is 855 g/mol. The van der Waals surface area contributed by atoms with Gasteiger partial charge in [-0.2, -0.15) is 36.4 Å². The molecule has 0 heterocycles. The number of aliphatic hydroxyl groups is 1. The monoisotopic (exact) mass is 852 g/mol. The Balaban J connectivity index is -0.000000611. The number of hydrogen-bond acceptors (Lipinski definition) is 2. The van der Waals surface area contributed by atoms with Gasteiger partial charge in [-0.3, -0.25) is 4.79 Å². The summed E-state index contributed by atoms with van der Waals surface area (Å²) in [5.41, 5.74) is 2.48. The van der Waals surface area contributed by atoms with Crippen LogP contribution in [0.2, 0.25) is 0 Å². The Morgan fingerprint density at radius 3 is 1.48 bits per heavy atom. The van der Waals surface area contributed by atoms with Gasteiger partial charge in [0.25, 0.3) is 0 Å². The number of rotatable bonds is 2. The molecule has 6 heteroatoms. The summed E-state index contributed by atoms with van der Waals surface area (Å²) in [5.74, 6) is 2.05. The second kappa shape index (κ2) is 28.4. The number of carbonyl (C=O) groups is 1. The summed E-state index contributed by atoms with van der Waals surface area (Å²) < 4.78 is 1.13. The summed E-state index contributed by atoms with van der Waals surface area (Å²) in [7, 11) is 0. The van der Waals surface area contributed by atoms with Gasteiger partial charge in [-0.1, -0.05) is 155 Å². The predicted molar refractivity (Wildman–Crippen MR) is 225 cm³/mol. The molecule has 5 atom stereocenters. The molecule has 0 aliphatic heterocycles. The maximum absolute atomic E-state index is 10.8. The van der Waals surface area contributed by atoms with Gasteiger partial charge in [-0.15, -0.1) is 0 Å². The molecule has 3 aliphatic carbocycles. The normalized spacial score (nSPS) is 24.5. The zero-order valence-corrected chi connectivity index (χ0v) is 38.3. The van der Waals surface area contributed by atoms with E-state index in [2.05, 4.69) is 73.1 Å². The van der Waals surface area contributed by atoms with Crippen molar-refractivity contribution >= 4 is 67.8 Å². The number of hydrogen-bond donors (Lipinski definition) is 1. The van der Waals surface area contributed by atoms with Crippen molar-refractivity contribution in [3.63, 3.8) is 0 Å². The van der Waals surface area contributed by atoms with E-state index in [1.165, 1.54) is 44.1 Å². The van der Waals surface area contributed by atoms with E-state index in [9.17, 15) is 9.90 Å². The molecule has 276 valence electrons. The van der Waals surface area contributed by atoms with Gasteiger partial charge in [-0.25, -0.2) is 0 Å². The third kappa shape index (κ3) is 17.6. The zero-order valence-electron chi connectivity index (χ0n) is 34.3. The third-order valence-electron chi connectivity index (χ3n) is 10.8. The van der Waals surface area contributed by atoms with Crippen molar-refractivity contribution in [1.82, 2.24) is 0 Å². The van der Waals surface area contributed by atoms with E-state index < -0.39 is 5.60 Å². The van der Waals surface area contributed by atoms with Crippen LogP contribution in [0.15, 0.2) is 126 Å². The Morgan fingerprint density at radius 2 is 1.10 bits per heavy atom. The number of halogens is 2. The minimum atomic E-state index is -0.570. The fourth-order valence-corrected chi connectivity index (χ4v) is 7.46. The molecule has 3 fully saturated rings. The fraction of sp³-hybridized carbons (Fsp3) is 0.457. The summed E-state index contributed by atoms with van der Waals surface area (Å²) in [6.07, 6.45) is 14.4. The largest absolute Gasteiger partial charge is 2.00 e. The van der Waals surface area contributed by atoms with Crippen LogP contribution in [-0.4, -0.2) is 57.0 Å². The average Bonchev–Trinajstić information content (AvgIpc) is 3.15. The minimum absolute atomic E-state index is 0. The van der Waals surface area contributed by atoms with E-state index in [0.29, 0.717) is 23.0 Å². The smallest absolute Gasteiger partial charge is 1.00 e. The molecule has 0 aromatic heterocycles. The summed E-state index contributed by atoms with van der Waals surface area (Å²) in [4.78, 5) is 10.8. The van der Waals surface area contributed by atoms with Crippen LogP contribution in [-0.2, 0) is 15.8 Å². The van der Waals surface area contributed by atoms with E-state index in [1.807, 2.05) is 97.9 Å². The Morgan fingerprint density at radius 1 is 0.635 bits per heavy atom. The van der Waals surface area contributed by atoms with Gasteiger partial charge in [0.05, 0.1) is 5.60 Å². The van der Waals surface area contributed by atoms with Gasteiger partial charge >= 0.3 is 46.1 Å². The predicted octanol–water partition coefficient (Wildman–Crippen LogP) is 9.41. The Labute approximate surface area is 370 Å². The van der Waals surface area contributed by atoms with E-state index in [-0.39, 0.29) is 65.9 Å². The Hall–Kier alpha value is -0.998. The maximum atomic E-state index is 10.8. The maximum Gasteiger partial charge on any atom is 2.00 e. The van der Waals surface area contributed by atoms with Crippen LogP contribution in [0, 0.1) is 23.8 Å². The third-order valence-corrected chi connectivity index (χ3v) is 11.4.